The summed E-state index contributed by atoms with van der Waals surface area (Å²) in [7, 11) is 1.55. The summed E-state index contributed by atoms with van der Waals surface area (Å²) in [6, 6.07) is 5.03. The van der Waals surface area contributed by atoms with Gasteiger partial charge in [0.05, 0.1) is 30.4 Å². The number of benzene rings is 1. The van der Waals surface area contributed by atoms with Crippen molar-refractivity contribution in [1.29, 1.82) is 0 Å². The van der Waals surface area contributed by atoms with Crippen LogP contribution in [-0.2, 0) is 6.54 Å². The first kappa shape index (κ1) is 17.1. The molecule has 0 fully saturated rings. The van der Waals surface area contributed by atoms with Crippen LogP contribution in [0.1, 0.15) is 10.4 Å². The number of aromatic nitrogens is 2. The molecular weight excluding hydrogens is 320 g/mol. The van der Waals surface area contributed by atoms with E-state index in [1.165, 1.54) is 0 Å². The molecule has 3 N–H and O–H groups in total. The zero-order chi connectivity index (χ0) is 16.7. The first-order valence-corrected chi connectivity index (χ1v) is 7.49. The summed E-state index contributed by atoms with van der Waals surface area (Å²) in [6.45, 7) is 1.62. The van der Waals surface area contributed by atoms with Crippen LogP contribution in [-0.4, -0.2) is 42.5 Å². The highest BCUT2D eigenvalue weighted by atomic mass is 35.5. The Morgan fingerprint density at radius 3 is 2.96 bits per heavy atom. The van der Waals surface area contributed by atoms with E-state index in [9.17, 15) is 4.79 Å². The number of hydrogen-bond donors (Lipinski definition) is 2. The van der Waals surface area contributed by atoms with Crippen LogP contribution in [0.15, 0.2) is 30.6 Å². The molecule has 1 aromatic carbocycles. The molecule has 2 aromatic rings. The zero-order valence-corrected chi connectivity index (χ0v) is 13.5. The smallest absolute Gasteiger partial charge is 0.255 e. The Balaban J connectivity index is 1.99. The fourth-order valence-electron chi connectivity index (χ4n) is 1.95. The van der Waals surface area contributed by atoms with Crippen LogP contribution in [0.3, 0.4) is 0 Å². The standard InChI is InChI=1S/C15H19ClN4O3/c1-22-12-2-3-13(14(8-12)23-7-4-17)15(21)18-5-6-20-10-11(16)9-19-20/h2-3,8-10H,4-7,17H2,1H3,(H,18,21). The maximum atomic E-state index is 12.3. The van der Waals surface area contributed by atoms with Crippen LogP contribution < -0.4 is 20.5 Å². The predicted octanol–water partition coefficient (Wildman–Crippen LogP) is 1.31. The molecule has 0 unspecified atom stereocenters. The van der Waals surface area contributed by atoms with Crippen molar-refractivity contribution in [1.82, 2.24) is 15.1 Å². The third kappa shape index (κ3) is 4.87. The number of ether oxygens (including phenoxy) is 2. The Kier molecular flexibility index (Phi) is 6.25. The number of rotatable bonds is 8. The lowest BCUT2D eigenvalue weighted by molar-refractivity contribution is 0.0948. The van der Waals surface area contributed by atoms with Crippen LogP contribution in [0.25, 0.3) is 0 Å². The minimum atomic E-state index is -0.238. The lowest BCUT2D eigenvalue weighted by Gasteiger charge is -2.12. The van der Waals surface area contributed by atoms with Crippen molar-refractivity contribution in [3.8, 4) is 11.5 Å². The molecule has 8 heteroatoms. The van der Waals surface area contributed by atoms with Crippen LogP contribution >= 0.6 is 11.6 Å². The summed E-state index contributed by atoms with van der Waals surface area (Å²) >= 11 is 5.79. The van der Waals surface area contributed by atoms with E-state index >= 15 is 0 Å². The number of nitrogens with one attached hydrogen (secondary N) is 1. The first-order chi connectivity index (χ1) is 11.1. The summed E-state index contributed by atoms with van der Waals surface area (Å²) in [5.41, 5.74) is 5.87. The molecule has 0 saturated carbocycles. The Morgan fingerprint density at radius 2 is 2.30 bits per heavy atom. The molecule has 124 valence electrons. The monoisotopic (exact) mass is 338 g/mol. The van der Waals surface area contributed by atoms with E-state index in [1.807, 2.05) is 0 Å². The molecular formula is C15H19ClN4O3. The molecule has 0 saturated heterocycles. The number of halogens is 1. The summed E-state index contributed by atoms with van der Waals surface area (Å²) in [6.07, 6.45) is 3.24. The zero-order valence-electron chi connectivity index (χ0n) is 12.8. The van der Waals surface area contributed by atoms with Gasteiger partial charge >= 0.3 is 0 Å². The van der Waals surface area contributed by atoms with Gasteiger partial charge in [-0.3, -0.25) is 9.48 Å². The second kappa shape index (κ2) is 8.40. The molecule has 1 aromatic heterocycles. The largest absolute Gasteiger partial charge is 0.497 e. The molecule has 0 spiro atoms. The second-order valence-electron chi connectivity index (χ2n) is 4.68. The van der Waals surface area contributed by atoms with Gasteiger partial charge < -0.3 is 20.5 Å². The second-order valence-corrected chi connectivity index (χ2v) is 5.11. The van der Waals surface area contributed by atoms with Gasteiger partial charge in [-0.05, 0) is 12.1 Å². The SMILES string of the molecule is COc1ccc(C(=O)NCCn2cc(Cl)cn2)c(OCCN)c1. The average molecular weight is 339 g/mol. The average Bonchev–Trinajstić information content (AvgIpc) is 2.97. The Bertz CT molecular complexity index is 660. The van der Waals surface area contributed by atoms with E-state index in [2.05, 4.69) is 10.4 Å². The van der Waals surface area contributed by atoms with Gasteiger partial charge in [0.25, 0.3) is 5.91 Å². The molecule has 0 aliphatic rings. The van der Waals surface area contributed by atoms with E-state index in [0.717, 1.165) is 0 Å². The third-order valence-electron chi connectivity index (χ3n) is 3.04. The van der Waals surface area contributed by atoms with Crippen LogP contribution in [0.5, 0.6) is 11.5 Å². The van der Waals surface area contributed by atoms with Crippen molar-refractivity contribution in [3.05, 3.63) is 41.2 Å². The maximum absolute atomic E-state index is 12.3. The molecule has 7 nitrogen and oxygen atoms in total. The van der Waals surface area contributed by atoms with E-state index in [-0.39, 0.29) is 5.91 Å². The van der Waals surface area contributed by atoms with E-state index in [4.69, 9.17) is 26.8 Å². The highest BCUT2D eigenvalue weighted by molar-refractivity contribution is 6.30. The fourth-order valence-corrected chi connectivity index (χ4v) is 2.10. The van der Waals surface area contributed by atoms with Gasteiger partial charge in [0.2, 0.25) is 0 Å². The molecule has 0 aliphatic carbocycles. The van der Waals surface area contributed by atoms with Crippen molar-refractivity contribution >= 4 is 17.5 Å². The van der Waals surface area contributed by atoms with E-state index < -0.39 is 0 Å². The van der Waals surface area contributed by atoms with E-state index in [0.29, 0.717) is 48.3 Å². The van der Waals surface area contributed by atoms with Gasteiger partial charge in [-0.1, -0.05) is 11.6 Å². The molecule has 0 radical (unpaired) electrons. The number of carbonyl (C=O) groups is 1. The van der Waals surface area contributed by atoms with Gasteiger partial charge in [0.15, 0.2) is 0 Å². The topological polar surface area (TPSA) is 91.4 Å². The third-order valence-corrected chi connectivity index (χ3v) is 3.23. The van der Waals surface area contributed by atoms with Crippen molar-refractivity contribution in [2.75, 3.05) is 26.8 Å². The molecule has 0 bridgehead atoms. The van der Waals surface area contributed by atoms with Gasteiger partial charge in [0, 0.05) is 25.4 Å². The quantitative estimate of drug-likeness (QED) is 0.757. The Hall–Kier alpha value is -2.25. The molecule has 1 heterocycles. The molecule has 23 heavy (non-hydrogen) atoms. The Labute approximate surface area is 139 Å². The van der Waals surface area contributed by atoms with Crippen LogP contribution in [0.4, 0.5) is 0 Å². The van der Waals surface area contributed by atoms with Crippen molar-refractivity contribution in [3.63, 3.8) is 0 Å². The number of methoxy groups -OCH3 is 1. The summed E-state index contributed by atoms with van der Waals surface area (Å²) < 4.78 is 12.3. The lowest BCUT2D eigenvalue weighted by atomic mass is 10.1. The normalized spacial score (nSPS) is 10.4. The number of hydrogen-bond acceptors (Lipinski definition) is 5. The molecule has 2 rings (SSSR count). The number of nitrogens with zero attached hydrogens (tertiary/aromatic N) is 2. The summed E-state index contributed by atoms with van der Waals surface area (Å²) in [5.74, 6) is 0.812. The van der Waals surface area contributed by atoms with Crippen molar-refractivity contribution in [2.45, 2.75) is 6.54 Å². The van der Waals surface area contributed by atoms with Crippen LogP contribution in [0, 0.1) is 0 Å². The van der Waals surface area contributed by atoms with E-state index in [1.54, 1.807) is 42.4 Å². The minimum Gasteiger partial charge on any atom is -0.497 e. The lowest BCUT2D eigenvalue weighted by Crippen LogP contribution is -2.28. The van der Waals surface area contributed by atoms with Gasteiger partial charge in [0.1, 0.15) is 18.1 Å². The predicted molar refractivity (Wildman–Crippen MR) is 87.1 cm³/mol. The van der Waals surface area contributed by atoms with Gasteiger partial charge in [-0.15, -0.1) is 0 Å². The van der Waals surface area contributed by atoms with Crippen molar-refractivity contribution in [2.24, 2.45) is 5.73 Å². The molecule has 0 atom stereocenters. The molecule has 1 amide bonds. The van der Waals surface area contributed by atoms with Gasteiger partial charge in [-0.25, -0.2) is 0 Å². The number of carbonyl (C=O) groups excluding carboxylic acids is 1. The Morgan fingerprint density at radius 1 is 1.48 bits per heavy atom. The summed E-state index contributed by atoms with van der Waals surface area (Å²) in [5, 5.41) is 7.42. The van der Waals surface area contributed by atoms with Gasteiger partial charge in [-0.2, -0.15) is 5.10 Å². The fraction of sp³-hybridized carbons (Fsp3) is 0.333. The molecule has 0 aliphatic heterocycles. The first-order valence-electron chi connectivity index (χ1n) is 7.11. The maximum Gasteiger partial charge on any atom is 0.255 e. The minimum absolute atomic E-state index is 0.238. The van der Waals surface area contributed by atoms with Crippen molar-refractivity contribution < 1.29 is 14.3 Å². The number of amides is 1. The highest BCUT2D eigenvalue weighted by Crippen LogP contribution is 2.24. The van der Waals surface area contributed by atoms with Crippen LogP contribution in [0.2, 0.25) is 5.02 Å². The number of nitrogens with two attached hydrogens (primary N) is 1. The highest BCUT2D eigenvalue weighted by Gasteiger charge is 2.13. The summed E-state index contributed by atoms with van der Waals surface area (Å²) in [4.78, 5) is 12.3.